The highest BCUT2D eigenvalue weighted by molar-refractivity contribution is 7.90. The van der Waals surface area contributed by atoms with Crippen LogP contribution in [0.4, 0.5) is 10.1 Å². The molecular weight excluding hydrogens is 385 g/mol. The van der Waals surface area contributed by atoms with E-state index in [9.17, 15) is 12.8 Å². The molecule has 2 aromatic rings. The van der Waals surface area contributed by atoms with Crippen LogP contribution in [0.5, 0.6) is 5.75 Å². The molecule has 3 rings (SSSR count). The number of sulfonamides is 1. The average Bonchev–Trinajstić information content (AvgIpc) is 2.95. The first kappa shape index (κ1) is 20.0. The lowest BCUT2D eigenvalue weighted by Crippen LogP contribution is -2.27. The van der Waals surface area contributed by atoms with E-state index in [1.54, 1.807) is 18.2 Å². The van der Waals surface area contributed by atoms with E-state index in [4.69, 9.17) is 9.47 Å². The molecule has 1 N–H and O–H groups in total. The van der Waals surface area contributed by atoms with Gasteiger partial charge >= 0.3 is 0 Å². The SMILES string of the molecule is CCOCCNC1=NS(=O)(=O)c2cccc(/N=C/c3ccc(F)c(OC)c3)c21. The van der Waals surface area contributed by atoms with E-state index >= 15 is 0 Å². The van der Waals surface area contributed by atoms with Crippen LogP contribution in [0.1, 0.15) is 18.1 Å². The van der Waals surface area contributed by atoms with Crippen LogP contribution in [0, 0.1) is 5.82 Å². The quantitative estimate of drug-likeness (QED) is 0.565. The second-order valence-corrected chi connectivity index (χ2v) is 7.41. The summed E-state index contributed by atoms with van der Waals surface area (Å²) >= 11 is 0. The number of hydrogen-bond acceptors (Lipinski definition) is 6. The zero-order valence-electron chi connectivity index (χ0n) is 15.5. The fraction of sp³-hybridized carbons (Fsp3) is 0.263. The third-order valence-corrected chi connectivity index (χ3v) is 5.32. The minimum atomic E-state index is -3.78. The van der Waals surface area contributed by atoms with Crippen LogP contribution in [0.25, 0.3) is 0 Å². The highest BCUT2D eigenvalue weighted by Gasteiger charge is 2.31. The molecule has 1 heterocycles. The first-order chi connectivity index (χ1) is 13.5. The molecule has 1 aliphatic rings. The molecule has 0 saturated heterocycles. The third kappa shape index (κ3) is 4.20. The monoisotopic (exact) mass is 405 g/mol. The van der Waals surface area contributed by atoms with E-state index in [0.717, 1.165) is 0 Å². The molecule has 1 aliphatic heterocycles. The van der Waals surface area contributed by atoms with Gasteiger partial charge in [0.15, 0.2) is 11.6 Å². The second kappa shape index (κ2) is 8.49. The average molecular weight is 405 g/mol. The van der Waals surface area contributed by atoms with Crippen molar-refractivity contribution in [3.63, 3.8) is 0 Å². The molecule has 0 aliphatic carbocycles. The van der Waals surface area contributed by atoms with Crippen LogP contribution in [0.2, 0.25) is 0 Å². The highest BCUT2D eigenvalue weighted by atomic mass is 32.2. The van der Waals surface area contributed by atoms with Gasteiger partial charge in [0.05, 0.1) is 25.0 Å². The summed E-state index contributed by atoms with van der Waals surface area (Å²) in [4.78, 5) is 4.49. The van der Waals surface area contributed by atoms with E-state index in [1.165, 1.54) is 31.5 Å². The molecule has 0 fully saturated rings. The Morgan fingerprint density at radius 3 is 2.86 bits per heavy atom. The lowest BCUT2D eigenvalue weighted by molar-refractivity contribution is 0.152. The van der Waals surface area contributed by atoms with Crippen LogP contribution < -0.4 is 10.1 Å². The minimum absolute atomic E-state index is 0.0951. The van der Waals surface area contributed by atoms with Gasteiger partial charge in [-0.05, 0) is 36.8 Å². The van der Waals surface area contributed by atoms with Gasteiger partial charge in [0.1, 0.15) is 10.7 Å². The Bertz CT molecular complexity index is 1040. The standard InChI is InChI=1S/C19H20FN3O4S/c1-3-27-10-9-21-19-18-15(5-4-6-17(18)28(24,25)23-19)22-12-13-7-8-14(20)16(11-13)26-2/h4-8,11-12H,3,9-10H2,1-2H3,(H,21,23)/b22-12+. The molecular formula is C19H20FN3O4S. The molecule has 7 nitrogen and oxygen atoms in total. The Hall–Kier alpha value is -2.78. The molecule has 0 atom stereocenters. The third-order valence-electron chi connectivity index (χ3n) is 4.00. The number of aliphatic imine (C=N–C) groups is 1. The van der Waals surface area contributed by atoms with Crippen LogP contribution in [0.3, 0.4) is 0 Å². The highest BCUT2D eigenvalue weighted by Crippen LogP contribution is 2.33. The molecule has 2 aromatic carbocycles. The number of halogens is 1. The summed E-state index contributed by atoms with van der Waals surface area (Å²) in [5.74, 6) is -0.136. The van der Waals surface area contributed by atoms with E-state index in [-0.39, 0.29) is 16.5 Å². The maximum absolute atomic E-state index is 13.6. The van der Waals surface area contributed by atoms with Crippen molar-refractivity contribution >= 4 is 27.8 Å². The van der Waals surface area contributed by atoms with Crippen LogP contribution in [-0.4, -0.2) is 47.3 Å². The topological polar surface area (TPSA) is 89.3 Å². The van der Waals surface area contributed by atoms with Crippen LogP contribution in [0.15, 0.2) is 50.7 Å². The normalized spacial score (nSPS) is 14.8. The lowest BCUT2D eigenvalue weighted by Gasteiger charge is -2.09. The van der Waals surface area contributed by atoms with Gasteiger partial charge in [0.25, 0.3) is 10.0 Å². The second-order valence-electron chi connectivity index (χ2n) is 5.84. The lowest BCUT2D eigenvalue weighted by atomic mass is 10.1. The first-order valence-electron chi connectivity index (χ1n) is 8.64. The van der Waals surface area contributed by atoms with E-state index in [0.29, 0.717) is 36.6 Å². The summed E-state index contributed by atoms with van der Waals surface area (Å²) in [7, 11) is -2.40. The first-order valence-corrected chi connectivity index (χ1v) is 10.1. The van der Waals surface area contributed by atoms with E-state index in [2.05, 4.69) is 14.7 Å². The summed E-state index contributed by atoms with van der Waals surface area (Å²) in [6.45, 7) is 3.28. The van der Waals surface area contributed by atoms with Crippen molar-refractivity contribution in [3.8, 4) is 5.75 Å². The number of methoxy groups -OCH3 is 1. The smallest absolute Gasteiger partial charge is 0.285 e. The van der Waals surface area contributed by atoms with Crippen molar-refractivity contribution in [2.24, 2.45) is 9.39 Å². The summed E-state index contributed by atoms with van der Waals surface area (Å²) in [6.07, 6.45) is 1.51. The fourth-order valence-corrected chi connectivity index (χ4v) is 3.91. The largest absolute Gasteiger partial charge is 0.494 e. The predicted molar refractivity (Wildman–Crippen MR) is 105 cm³/mol. The van der Waals surface area contributed by atoms with Crippen LogP contribution >= 0.6 is 0 Å². The van der Waals surface area contributed by atoms with Crippen molar-refractivity contribution in [2.45, 2.75) is 11.8 Å². The molecule has 0 saturated carbocycles. The van der Waals surface area contributed by atoms with Gasteiger partial charge in [0.2, 0.25) is 0 Å². The number of nitrogens with one attached hydrogen (secondary N) is 1. The number of amidine groups is 1. The molecule has 0 radical (unpaired) electrons. The van der Waals surface area contributed by atoms with Crippen molar-refractivity contribution in [3.05, 3.63) is 53.3 Å². The Balaban J connectivity index is 1.92. The number of ether oxygens (including phenoxy) is 2. The summed E-state index contributed by atoms with van der Waals surface area (Å²) in [5, 5.41) is 2.99. The Morgan fingerprint density at radius 2 is 2.11 bits per heavy atom. The molecule has 0 aromatic heterocycles. The molecule has 0 amide bonds. The number of hydrogen-bond donors (Lipinski definition) is 1. The van der Waals surface area contributed by atoms with Crippen LogP contribution in [-0.2, 0) is 14.8 Å². The molecule has 0 bridgehead atoms. The van der Waals surface area contributed by atoms with Gasteiger partial charge in [-0.15, -0.1) is 4.40 Å². The van der Waals surface area contributed by atoms with Crippen molar-refractivity contribution in [2.75, 3.05) is 26.9 Å². The van der Waals surface area contributed by atoms with E-state index in [1.807, 2.05) is 6.92 Å². The zero-order valence-corrected chi connectivity index (χ0v) is 16.3. The predicted octanol–water partition coefficient (Wildman–Crippen LogP) is 2.66. The summed E-state index contributed by atoms with van der Waals surface area (Å²) < 4.78 is 52.3. The molecule has 9 heteroatoms. The Morgan fingerprint density at radius 1 is 1.29 bits per heavy atom. The fourth-order valence-electron chi connectivity index (χ4n) is 2.70. The van der Waals surface area contributed by atoms with Crippen molar-refractivity contribution in [1.82, 2.24) is 5.32 Å². The molecule has 0 spiro atoms. The number of fused-ring (bicyclic) bond motifs is 1. The Labute approximate surface area is 163 Å². The summed E-state index contributed by atoms with van der Waals surface area (Å²) in [5.41, 5.74) is 1.45. The van der Waals surface area contributed by atoms with Crippen molar-refractivity contribution in [1.29, 1.82) is 0 Å². The van der Waals surface area contributed by atoms with Gasteiger partial charge < -0.3 is 14.8 Å². The molecule has 28 heavy (non-hydrogen) atoms. The van der Waals surface area contributed by atoms with Gasteiger partial charge in [-0.3, -0.25) is 4.99 Å². The summed E-state index contributed by atoms with van der Waals surface area (Å²) in [6, 6.07) is 9.13. The van der Waals surface area contributed by atoms with Gasteiger partial charge in [-0.25, -0.2) is 4.39 Å². The molecule has 148 valence electrons. The number of benzene rings is 2. The van der Waals surface area contributed by atoms with Gasteiger partial charge in [-0.1, -0.05) is 12.1 Å². The van der Waals surface area contributed by atoms with Gasteiger partial charge in [-0.2, -0.15) is 8.42 Å². The maximum Gasteiger partial charge on any atom is 0.285 e. The minimum Gasteiger partial charge on any atom is -0.494 e. The molecule has 0 unspecified atom stereocenters. The van der Waals surface area contributed by atoms with Crippen molar-refractivity contribution < 1.29 is 22.3 Å². The number of rotatable bonds is 7. The number of nitrogens with zero attached hydrogens (tertiary/aromatic N) is 2. The maximum atomic E-state index is 13.6. The van der Waals surface area contributed by atoms with Gasteiger partial charge in [0, 0.05) is 19.4 Å². The zero-order chi connectivity index (χ0) is 20.1. The Kier molecular flexibility index (Phi) is 6.05. The van der Waals surface area contributed by atoms with E-state index < -0.39 is 15.8 Å².